The van der Waals surface area contributed by atoms with Crippen molar-refractivity contribution in [1.29, 1.82) is 0 Å². The minimum absolute atomic E-state index is 0.0684. The van der Waals surface area contributed by atoms with Crippen LogP contribution in [0.25, 0.3) is 0 Å². The summed E-state index contributed by atoms with van der Waals surface area (Å²) in [6.45, 7) is 13.1. The predicted octanol–water partition coefficient (Wildman–Crippen LogP) is 4.75. The standard InChI is InChI=1S/C24H35N5O2S.C5H10O2/c1-17(2)21(10-11-27(3)4)31-16-18-8-7-9-19(14-18)29-13-12-28(5)22-20(23(29)30)15-25-24(26-22)32-6;1-5(2,3)7-4-6/h7-9,14-15,17,21H,10-13,16H2,1-6H3;4H,1-3H3. The Balaban J connectivity index is 0.000000673. The normalized spacial score (nSPS) is 14.5. The van der Waals surface area contributed by atoms with Gasteiger partial charge in [-0.1, -0.05) is 37.7 Å². The van der Waals surface area contributed by atoms with Crippen LogP contribution in [0.3, 0.4) is 0 Å². The Morgan fingerprint density at radius 1 is 1.21 bits per heavy atom. The second-order valence-electron chi connectivity index (χ2n) is 11.2. The molecular weight excluding hydrogens is 514 g/mol. The molecular formula is C29H45N5O4S. The van der Waals surface area contributed by atoms with Gasteiger partial charge < -0.3 is 24.2 Å². The maximum atomic E-state index is 13.4. The van der Waals surface area contributed by atoms with Crippen LogP contribution in [0.4, 0.5) is 11.5 Å². The lowest BCUT2D eigenvalue weighted by atomic mass is 10.0. The van der Waals surface area contributed by atoms with Crippen molar-refractivity contribution in [1.82, 2.24) is 14.9 Å². The van der Waals surface area contributed by atoms with Crippen molar-refractivity contribution in [2.75, 3.05) is 56.8 Å². The maximum Gasteiger partial charge on any atom is 0.293 e. The van der Waals surface area contributed by atoms with Gasteiger partial charge in [0.1, 0.15) is 17.0 Å². The number of hydrogen-bond donors (Lipinski definition) is 0. The molecule has 1 aromatic heterocycles. The Kier molecular flexibility index (Phi) is 12.7. The zero-order valence-electron chi connectivity index (χ0n) is 24.9. The van der Waals surface area contributed by atoms with Crippen LogP contribution in [-0.4, -0.2) is 86.0 Å². The summed E-state index contributed by atoms with van der Waals surface area (Å²) >= 11 is 1.47. The maximum absolute atomic E-state index is 13.4. The van der Waals surface area contributed by atoms with Crippen LogP contribution < -0.4 is 9.80 Å². The van der Waals surface area contributed by atoms with Crippen LogP contribution in [0.5, 0.6) is 0 Å². The number of likely N-dealkylation sites (N-methyl/N-ethyl adjacent to an activating group) is 1. The first-order chi connectivity index (χ1) is 18.4. The van der Waals surface area contributed by atoms with Crippen molar-refractivity contribution < 1.29 is 19.1 Å². The molecule has 0 bridgehead atoms. The molecule has 2 aromatic rings. The van der Waals surface area contributed by atoms with Crippen LogP contribution >= 0.6 is 11.8 Å². The van der Waals surface area contributed by atoms with Gasteiger partial charge in [0.25, 0.3) is 12.4 Å². The van der Waals surface area contributed by atoms with Crippen LogP contribution in [0.15, 0.2) is 35.6 Å². The van der Waals surface area contributed by atoms with E-state index >= 15 is 0 Å². The molecule has 0 radical (unpaired) electrons. The number of amides is 1. The van der Waals surface area contributed by atoms with Crippen LogP contribution in [0, 0.1) is 5.92 Å². The number of carbonyl (C=O) groups excluding carboxylic acids is 2. The summed E-state index contributed by atoms with van der Waals surface area (Å²) in [5.41, 5.74) is 2.16. The Morgan fingerprint density at radius 2 is 1.92 bits per heavy atom. The zero-order chi connectivity index (χ0) is 29.2. The largest absolute Gasteiger partial charge is 0.462 e. The molecule has 1 atom stereocenters. The van der Waals surface area contributed by atoms with Gasteiger partial charge in [-0.2, -0.15) is 0 Å². The van der Waals surface area contributed by atoms with Crippen LogP contribution in [0.1, 0.15) is 57.0 Å². The summed E-state index contributed by atoms with van der Waals surface area (Å²) in [5, 5.41) is 0.671. The summed E-state index contributed by atoms with van der Waals surface area (Å²) in [7, 11) is 6.14. The molecule has 39 heavy (non-hydrogen) atoms. The monoisotopic (exact) mass is 559 g/mol. The Labute approximate surface area is 238 Å². The molecule has 216 valence electrons. The fourth-order valence-electron chi connectivity index (χ4n) is 3.90. The molecule has 1 aromatic carbocycles. The first-order valence-electron chi connectivity index (χ1n) is 13.3. The summed E-state index contributed by atoms with van der Waals surface area (Å²) in [6.07, 6.45) is 4.78. The number of aromatic nitrogens is 2. The van der Waals surface area contributed by atoms with Crippen molar-refractivity contribution in [3.63, 3.8) is 0 Å². The van der Waals surface area contributed by atoms with E-state index in [1.165, 1.54) is 11.8 Å². The van der Waals surface area contributed by atoms with E-state index in [4.69, 9.17) is 4.74 Å². The van der Waals surface area contributed by atoms with Gasteiger partial charge in [-0.3, -0.25) is 9.59 Å². The average Bonchev–Trinajstić information content (AvgIpc) is 2.99. The second-order valence-corrected chi connectivity index (χ2v) is 11.9. The highest BCUT2D eigenvalue weighted by Gasteiger charge is 2.28. The molecule has 0 saturated heterocycles. The molecule has 1 unspecified atom stereocenters. The number of fused-ring (bicyclic) bond motifs is 1. The van der Waals surface area contributed by atoms with E-state index < -0.39 is 0 Å². The minimum atomic E-state index is -0.318. The smallest absolute Gasteiger partial charge is 0.293 e. The summed E-state index contributed by atoms with van der Waals surface area (Å²) in [6, 6.07) is 8.09. The molecule has 3 rings (SSSR count). The molecule has 0 saturated carbocycles. The SMILES string of the molecule is CC(C)(C)OC=O.CSc1ncc2c(n1)N(C)CCN(c1cccc(COC(CCN(C)C)C(C)C)c1)C2=O. The first-order valence-corrected chi connectivity index (χ1v) is 14.5. The highest BCUT2D eigenvalue weighted by Crippen LogP contribution is 2.27. The van der Waals surface area contributed by atoms with Crippen molar-refractivity contribution in [2.45, 2.75) is 64.5 Å². The Bertz CT molecular complexity index is 1070. The second kappa shape index (κ2) is 15.2. The molecule has 1 aliphatic rings. The number of carbonyl (C=O) groups is 2. The van der Waals surface area contributed by atoms with E-state index in [1.807, 2.05) is 56.0 Å². The minimum Gasteiger partial charge on any atom is -0.462 e. The van der Waals surface area contributed by atoms with Gasteiger partial charge in [0.05, 0.1) is 12.7 Å². The third-order valence-electron chi connectivity index (χ3n) is 6.12. The van der Waals surface area contributed by atoms with Crippen LogP contribution in [0.2, 0.25) is 0 Å². The van der Waals surface area contributed by atoms with Gasteiger partial charge in [-0.15, -0.1) is 0 Å². The highest BCUT2D eigenvalue weighted by atomic mass is 32.2. The highest BCUT2D eigenvalue weighted by molar-refractivity contribution is 7.98. The average molecular weight is 560 g/mol. The van der Waals surface area contributed by atoms with Gasteiger partial charge >= 0.3 is 0 Å². The quantitative estimate of drug-likeness (QED) is 0.233. The molecule has 9 nitrogen and oxygen atoms in total. The van der Waals surface area contributed by atoms with E-state index in [1.54, 1.807) is 6.20 Å². The zero-order valence-corrected chi connectivity index (χ0v) is 25.7. The number of benzene rings is 1. The first kappa shape index (κ1) is 32.5. The lowest BCUT2D eigenvalue weighted by Gasteiger charge is -2.24. The summed E-state index contributed by atoms with van der Waals surface area (Å²) < 4.78 is 10.8. The van der Waals surface area contributed by atoms with E-state index in [0.29, 0.717) is 48.6 Å². The van der Waals surface area contributed by atoms with Crippen molar-refractivity contribution in [3.8, 4) is 0 Å². The number of rotatable bonds is 10. The van der Waals surface area contributed by atoms with Gasteiger partial charge in [0.2, 0.25) is 0 Å². The van der Waals surface area contributed by atoms with E-state index in [-0.39, 0.29) is 17.6 Å². The third kappa shape index (κ3) is 10.4. The molecule has 0 fully saturated rings. The fraction of sp³-hybridized carbons (Fsp3) is 0.586. The molecule has 1 aliphatic heterocycles. The Morgan fingerprint density at radius 3 is 2.49 bits per heavy atom. The number of ether oxygens (including phenoxy) is 2. The Hall–Kier alpha value is -2.69. The molecule has 0 spiro atoms. The third-order valence-corrected chi connectivity index (χ3v) is 6.68. The van der Waals surface area contributed by atoms with Crippen molar-refractivity contribution >= 4 is 35.6 Å². The predicted molar refractivity (Wildman–Crippen MR) is 159 cm³/mol. The number of nitrogens with zero attached hydrogens (tertiary/aromatic N) is 5. The van der Waals surface area contributed by atoms with Crippen LogP contribution in [-0.2, 0) is 20.9 Å². The van der Waals surface area contributed by atoms with Gasteiger partial charge in [-0.05, 0) is 77.7 Å². The number of anilines is 2. The molecule has 0 aliphatic carbocycles. The molecule has 1 amide bonds. The number of hydrogen-bond acceptors (Lipinski definition) is 9. The van der Waals surface area contributed by atoms with Gasteiger partial charge in [-0.25, -0.2) is 9.97 Å². The molecule has 2 heterocycles. The van der Waals surface area contributed by atoms with Gasteiger partial charge in [0.15, 0.2) is 5.16 Å². The topological polar surface area (TPSA) is 88.1 Å². The van der Waals surface area contributed by atoms with E-state index in [9.17, 15) is 9.59 Å². The van der Waals surface area contributed by atoms with Crippen molar-refractivity contribution in [3.05, 3.63) is 41.6 Å². The van der Waals surface area contributed by atoms with Gasteiger partial charge in [0, 0.05) is 32.0 Å². The molecule has 0 N–H and O–H groups in total. The summed E-state index contributed by atoms with van der Waals surface area (Å²) in [5.74, 6) is 1.07. The molecule has 10 heteroatoms. The van der Waals surface area contributed by atoms with Crippen molar-refractivity contribution in [2.24, 2.45) is 5.92 Å². The summed E-state index contributed by atoms with van der Waals surface area (Å²) in [4.78, 5) is 37.9. The lowest BCUT2D eigenvalue weighted by Crippen LogP contribution is -2.33. The fourth-order valence-corrected chi connectivity index (χ4v) is 4.24. The van der Waals surface area contributed by atoms with E-state index in [0.717, 1.165) is 24.2 Å². The number of thioether (sulfide) groups is 1. The lowest BCUT2D eigenvalue weighted by molar-refractivity contribution is -0.138. The van der Waals surface area contributed by atoms with E-state index in [2.05, 4.69) is 59.7 Å².